The van der Waals surface area contributed by atoms with E-state index in [0.29, 0.717) is 0 Å². The van der Waals surface area contributed by atoms with E-state index >= 15 is 0 Å². The molecule has 1 rings (SSSR count). The lowest BCUT2D eigenvalue weighted by atomic mass is 10.2. The number of halogens is 1. The van der Waals surface area contributed by atoms with Crippen molar-refractivity contribution in [2.24, 2.45) is 0 Å². The highest BCUT2D eigenvalue weighted by molar-refractivity contribution is 7.92. The molecule has 17 heavy (non-hydrogen) atoms. The number of carbonyl (C=O) groups is 1. The van der Waals surface area contributed by atoms with Gasteiger partial charge >= 0.3 is 0 Å². The van der Waals surface area contributed by atoms with Crippen LogP contribution in [-0.2, 0) is 20.4 Å². The first-order chi connectivity index (χ1) is 7.88. The first-order valence-electron chi connectivity index (χ1n) is 5.05. The van der Waals surface area contributed by atoms with Gasteiger partial charge in [0.05, 0.1) is 5.75 Å². The molecule has 0 aromatic heterocycles. The molecule has 0 radical (unpaired) electrons. The Morgan fingerprint density at radius 1 is 1.41 bits per heavy atom. The highest BCUT2D eigenvalue weighted by Crippen LogP contribution is 2.14. The van der Waals surface area contributed by atoms with Crippen molar-refractivity contribution in [2.45, 2.75) is 17.9 Å². The highest BCUT2D eigenvalue weighted by atomic mass is 32.2. The summed E-state index contributed by atoms with van der Waals surface area (Å²) < 4.78 is 37.0. The molecule has 0 aliphatic heterocycles. The number of carbonyl (C=O) groups excluding carboxylic acids is 1. The Labute approximate surface area is 99.8 Å². The third-order valence-electron chi connectivity index (χ3n) is 2.47. The molecule has 6 heteroatoms. The van der Waals surface area contributed by atoms with Gasteiger partial charge in [0.2, 0.25) is 5.91 Å². The average Bonchev–Trinajstić information content (AvgIpc) is 2.30. The van der Waals surface area contributed by atoms with E-state index in [1.54, 1.807) is 6.07 Å². The van der Waals surface area contributed by atoms with E-state index in [1.165, 1.54) is 32.2 Å². The van der Waals surface area contributed by atoms with Crippen molar-refractivity contribution in [1.29, 1.82) is 0 Å². The van der Waals surface area contributed by atoms with E-state index in [-0.39, 0.29) is 5.56 Å². The second kappa shape index (κ2) is 5.27. The van der Waals surface area contributed by atoms with Gasteiger partial charge in [0.25, 0.3) is 0 Å². The van der Waals surface area contributed by atoms with Crippen LogP contribution in [0.4, 0.5) is 4.39 Å². The van der Waals surface area contributed by atoms with Crippen molar-refractivity contribution in [3.8, 4) is 0 Å². The molecule has 1 aromatic rings. The van der Waals surface area contributed by atoms with Gasteiger partial charge < -0.3 is 5.32 Å². The topological polar surface area (TPSA) is 63.2 Å². The zero-order valence-corrected chi connectivity index (χ0v) is 10.4. The van der Waals surface area contributed by atoms with Crippen LogP contribution in [0.3, 0.4) is 0 Å². The maximum Gasteiger partial charge on any atom is 0.237 e. The molecule has 4 nitrogen and oxygen atoms in total. The van der Waals surface area contributed by atoms with E-state index in [1.807, 2.05) is 0 Å². The Kier molecular flexibility index (Phi) is 4.22. The van der Waals surface area contributed by atoms with Gasteiger partial charge in [-0.05, 0) is 13.0 Å². The first kappa shape index (κ1) is 13.6. The summed E-state index contributed by atoms with van der Waals surface area (Å²) in [6.07, 6.45) is 0. The van der Waals surface area contributed by atoms with Crippen molar-refractivity contribution in [3.63, 3.8) is 0 Å². The molecule has 1 amide bonds. The molecule has 94 valence electrons. The number of hydrogen-bond donors (Lipinski definition) is 1. The van der Waals surface area contributed by atoms with Crippen molar-refractivity contribution < 1.29 is 17.6 Å². The van der Waals surface area contributed by atoms with Gasteiger partial charge in [-0.3, -0.25) is 4.79 Å². The van der Waals surface area contributed by atoms with Gasteiger partial charge in [-0.15, -0.1) is 0 Å². The Morgan fingerprint density at radius 2 is 2.00 bits per heavy atom. The Bertz CT molecular complexity index is 513. The molecule has 0 bridgehead atoms. The van der Waals surface area contributed by atoms with E-state index in [4.69, 9.17) is 0 Å². The van der Waals surface area contributed by atoms with Crippen molar-refractivity contribution in [2.75, 3.05) is 7.05 Å². The largest absolute Gasteiger partial charge is 0.358 e. The SMILES string of the molecule is CNC(=O)C(C)S(=O)(=O)Cc1ccccc1F. The average molecular weight is 259 g/mol. The normalized spacial score (nSPS) is 13.1. The number of sulfone groups is 1. The minimum Gasteiger partial charge on any atom is -0.358 e. The minimum atomic E-state index is -3.70. The monoisotopic (exact) mass is 259 g/mol. The summed E-state index contributed by atoms with van der Waals surface area (Å²) in [6.45, 7) is 1.29. The van der Waals surface area contributed by atoms with Crippen molar-refractivity contribution >= 4 is 15.7 Å². The number of amides is 1. The molecular weight excluding hydrogens is 245 g/mol. The third-order valence-corrected chi connectivity index (χ3v) is 4.47. The highest BCUT2D eigenvalue weighted by Gasteiger charge is 2.28. The first-order valence-corrected chi connectivity index (χ1v) is 6.76. The second-order valence-electron chi connectivity index (χ2n) is 3.66. The van der Waals surface area contributed by atoms with Gasteiger partial charge in [0.15, 0.2) is 9.84 Å². The fraction of sp³-hybridized carbons (Fsp3) is 0.364. The predicted octanol–water partition coefficient (Wildman–Crippen LogP) is 0.875. The standard InChI is InChI=1S/C11H14FNO3S/c1-8(11(14)13-2)17(15,16)7-9-5-3-4-6-10(9)12/h3-6,8H,7H2,1-2H3,(H,13,14). The van der Waals surface area contributed by atoms with Crippen molar-refractivity contribution in [1.82, 2.24) is 5.32 Å². The molecule has 0 spiro atoms. The molecule has 0 fully saturated rings. The van der Waals surface area contributed by atoms with Crippen LogP contribution in [0.25, 0.3) is 0 Å². The van der Waals surface area contributed by atoms with Crippen LogP contribution in [0.1, 0.15) is 12.5 Å². The van der Waals surface area contributed by atoms with Crippen molar-refractivity contribution in [3.05, 3.63) is 35.6 Å². The van der Waals surface area contributed by atoms with E-state index in [2.05, 4.69) is 5.32 Å². The van der Waals surface area contributed by atoms with Gasteiger partial charge in [-0.2, -0.15) is 0 Å². The van der Waals surface area contributed by atoms with Crippen LogP contribution in [-0.4, -0.2) is 26.6 Å². The number of hydrogen-bond acceptors (Lipinski definition) is 3. The molecule has 1 N–H and O–H groups in total. The maximum atomic E-state index is 13.3. The number of nitrogens with one attached hydrogen (secondary N) is 1. The second-order valence-corrected chi connectivity index (χ2v) is 5.98. The summed E-state index contributed by atoms with van der Waals surface area (Å²) in [5.41, 5.74) is 0.0725. The summed E-state index contributed by atoms with van der Waals surface area (Å²) in [5.74, 6) is -1.66. The number of rotatable bonds is 4. The van der Waals surface area contributed by atoms with Crippen LogP contribution in [0.5, 0.6) is 0 Å². The number of benzene rings is 1. The lowest BCUT2D eigenvalue weighted by molar-refractivity contribution is -0.119. The van der Waals surface area contributed by atoms with Gasteiger partial charge in [-0.25, -0.2) is 12.8 Å². The zero-order chi connectivity index (χ0) is 13.1. The molecule has 0 saturated heterocycles. The van der Waals surface area contributed by atoms with Gasteiger partial charge in [0.1, 0.15) is 11.1 Å². The van der Waals surface area contributed by atoms with Gasteiger partial charge in [-0.1, -0.05) is 18.2 Å². The van der Waals surface area contributed by atoms with Gasteiger partial charge in [0, 0.05) is 12.6 Å². The van der Waals surface area contributed by atoms with Crippen LogP contribution < -0.4 is 5.32 Å². The molecule has 1 aromatic carbocycles. The van der Waals surface area contributed by atoms with E-state index < -0.39 is 32.6 Å². The van der Waals surface area contributed by atoms with E-state index in [0.717, 1.165) is 0 Å². The fourth-order valence-electron chi connectivity index (χ4n) is 1.32. The predicted molar refractivity (Wildman–Crippen MR) is 62.6 cm³/mol. The molecule has 0 aliphatic carbocycles. The van der Waals surface area contributed by atoms with E-state index in [9.17, 15) is 17.6 Å². The zero-order valence-electron chi connectivity index (χ0n) is 9.60. The summed E-state index contributed by atoms with van der Waals surface area (Å²) in [5, 5.41) is 1.07. The lowest BCUT2D eigenvalue weighted by Crippen LogP contribution is -2.36. The van der Waals surface area contributed by atoms with Crippen LogP contribution in [0, 0.1) is 5.82 Å². The fourth-order valence-corrected chi connectivity index (χ4v) is 2.69. The van der Waals surface area contributed by atoms with Crippen LogP contribution in [0.15, 0.2) is 24.3 Å². The van der Waals surface area contributed by atoms with Crippen LogP contribution in [0.2, 0.25) is 0 Å². The minimum absolute atomic E-state index is 0.0725. The summed E-state index contributed by atoms with van der Waals surface area (Å²) in [6, 6.07) is 5.62. The maximum absolute atomic E-state index is 13.3. The Morgan fingerprint density at radius 3 is 2.53 bits per heavy atom. The summed E-state index contributed by atoms with van der Waals surface area (Å²) in [4.78, 5) is 11.2. The quantitative estimate of drug-likeness (QED) is 0.873. The molecule has 0 heterocycles. The third kappa shape index (κ3) is 3.26. The molecule has 1 atom stereocenters. The Balaban J connectivity index is 2.95. The lowest BCUT2D eigenvalue weighted by Gasteiger charge is -2.11. The molecular formula is C11H14FNO3S. The summed E-state index contributed by atoms with van der Waals surface area (Å²) >= 11 is 0. The molecule has 1 unspecified atom stereocenters. The molecule has 0 aliphatic rings. The summed E-state index contributed by atoms with van der Waals surface area (Å²) in [7, 11) is -2.34. The molecule has 0 saturated carbocycles. The Hall–Kier alpha value is -1.43. The smallest absolute Gasteiger partial charge is 0.237 e. The van der Waals surface area contributed by atoms with Crippen LogP contribution >= 0.6 is 0 Å².